The SMILES string of the molecule is CC1C(=O)OC(=O)C1CC1C(CC2C(CC3C(CC4C(C)C5CC(C(=O)OC(C)(C)C)C4C5)C4CC(C(=O)OCCO)C3C4)C3CC(C(=O)O)C2C3)C2CC1C(C(=O)OCCN1CCCC1)C2C(=O)OCCN1CCCC1. The van der Waals surface area contributed by atoms with Gasteiger partial charge in [-0.2, -0.15) is 0 Å². The zero-order valence-corrected chi connectivity index (χ0v) is 46.6. The lowest BCUT2D eigenvalue weighted by molar-refractivity contribution is -0.167. The molecule has 8 aliphatic carbocycles. The topological polar surface area (TPSA) is 213 Å². The number of hydrogen-bond donors (Lipinski definition) is 2. The van der Waals surface area contributed by atoms with Crippen LogP contribution in [0.5, 0.6) is 0 Å². The highest BCUT2D eigenvalue weighted by Gasteiger charge is 2.67. The maximum absolute atomic E-state index is 14.8. The molecule has 428 valence electrons. The monoisotopic (exact) mass is 1070 g/mol. The number of ether oxygens (including phenoxy) is 5. The molecule has 0 spiro atoms. The first kappa shape index (κ1) is 55.3. The van der Waals surface area contributed by atoms with Crippen molar-refractivity contribution < 1.29 is 67.5 Å². The van der Waals surface area contributed by atoms with Gasteiger partial charge in [0, 0.05) is 13.1 Å². The van der Waals surface area contributed by atoms with E-state index < -0.39 is 59.1 Å². The van der Waals surface area contributed by atoms with E-state index in [1.165, 1.54) is 0 Å². The fourth-order valence-electron chi connectivity index (χ4n) is 20.2. The average Bonchev–Trinajstić information content (AvgIpc) is 4.25. The zero-order valence-electron chi connectivity index (χ0n) is 46.6. The van der Waals surface area contributed by atoms with Crippen LogP contribution in [0.25, 0.3) is 0 Å². The Morgan fingerprint density at radius 2 is 0.987 bits per heavy atom. The largest absolute Gasteiger partial charge is 0.481 e. The molecule has 3 heterocycles. The molecule has 3 aliphatic heterocycles. The van der Waals surface area contributed by atoms with Crippen LogP contribution in [0.1, 0.15) is 131 Å². The number of carboxylic acids is 1. The summed E-state index contributed by atoms with van der Waals surface area (Å²) in [5.41, 5.74) is -0.568. The molecule has 0 radical (unpaired) electrons. The molecule has 0 amide bonds. The van der Waals surface area contributed by atoms with Crippen LogP contribution >= 0.6 is 0 Å². The molecule has 11 fully saturated rings. The van der Waals surface area contributed by atoms with E-state index in [-0.39, 0.29) is 121 Å². The standard InChI is InChI=1S/C61H90N2O14/c1-31-33-20-40(51(21-33)58(70)77-61(3,4)5)36(31)26-38-35-23-42(50(25-35)56(68)75-19-16-64)43(38)28-39-34-22-41(49(24-34)54(65)66)44(39)29-46-45(27-37-32(2)55(67)76-57(37)69)47-30-48(46)53(60(72)74-18-15-63-12-8-9-13-63)52(47)59(71)73-17-14-62-10-6-7-11-62/h31-53,64H,6-30H2,1-5H3,(H,65,66). The number of carboxylic acid groups (broad SMARTS) is 1. The van der Waals surface area contributed by atoms with E-state index in [1.54, 1.807) is 6.92 Å². The summed E-state index contributed by atoms with van der Waals surface area (Å²) in [7, 11) is 0. The number of cyclic esters (lactones) is 2. The van der Waals surface area contributed by atoms with Crippen molar-refractivity contribution in [2.45, 2.75) is 137 Å². The molecule has 23 unspecified atom stereocenters. The Labute approximate surface area is 455 Å². The Morgan fingerprint density at radius 3 is 1.51 bits per heavy atom. The molecular formula is C61H90N2O14. The van der Waals surface area contributed by atoms with Crippen LogP contribution in [-0.2, 0) is 57.2 Å². The Balaban J connectivity index is 0.899. The molecule has 0 aromatic carbocycles. The molecular weight excluding hydrogens is 985 g/mol. The van der Waals surface area contributed by atoms with Gasteiger partial charge in [-0.25, -0.2) is 0 Å². The van der Waals surface area contributed by atoms with Crippen molar-refractivity contribution in [3.63, 3.8) is 0 Å². The van der Waals surface area contributed by atoms with Gasteiger partial charge < -0.3 is 33.9 Å². The molecule has 2 N–H and O–H groups in total. The van der Waals surface area contributed by atoms with E-state index in [4.69, 9.17) is 23.7 Å². The van der Waals surface area contributed by atoms with Crippen LogP contribution in [0, 0.1) is 136 Å². The van der Waals surface area contributed by atoms with Gasteiger partial charge in [0.25, 0.3) is 0 Å². The third-order valence-corrected chi connectivity index (χ3v) is 23.4. The fraction of sp³-hybridized carbons (Fsp3) is 0.885. The van der Waals surface area contributed by atoms with Crippen molar-refractivity contribution in [1.82, 2.24) is 9.80 Å². The number of aliphatic hydroxyl groups excluding tert-OH is 1. The van der Waals surface area contributed by atoms with E-state index in [0.29, 0.717) is 68.4 Å². The van der Waals surface area contributed by atoms with Crippen molar-refractivity contribution in [3.05, 3.63) is 0 Å². The summed E-state index contributed by atoms with van der Waals surface area (Å²) < 4.78 is 29.3. The van der Waals surface area contributed by atoms with Crippen molar-refractivity contribution in [1.29, 1.82) is 0 Å². The van der Waals surface area contributed by atoms with E-state index >= 15 is 0 Å². The fourth-order valence-corrected chi connectivity index (χ4v) is 20.2. The third-order valence-electron chi connectivity index (χ3n) is 23.4. The molecule has 77 heavy (non-hydrogen) atoms. The first-order valence-electron chi connectivity index (χ1n) is 30.7. The van der Waals surface area contributed by atoms with Crippen molar-refractivity contribution in [3.8, 4) is 0 Å². The zero-order chi connectivity index (χ0) is 54.2. The highest BCUT2D eigenvalue weighted by molar-refractivity contribution is 5.96. The number of rotatable bonds is 21. The number of aliphatic hydroxyl groups is 1. The Bertz CT molecular complexity index is 2240. The number of carbonyl (C=O) groups is 7. The van der Waals surface area contributed by atoms with Crippen LogP contribution in [0.4, 0.5) is 0 Å². The second-order valence-corrected chi connectivity index (χ2v) is 27.9. The summed E-state index contributed by atoms with van der Waals surface area (Å²) in [5, 5.41) is 20.5. The van der Waals surface area contributed by atoms with Gasteiger partial charge in [0.05, 0.1) is 48.0 Å². The van der Waals surface area contributed by atoms with E-state index in [9.17, 15) is 43.8 Å². The van der Waals surface area contributed by atoms with Gasteiger partial charge in [0.15, 0.2) is 0 Å². The highest BCUT2D eigenvalue weighted by atomic mass is 16.6. The summed E-state index contributed by atoms with van der Waals surface area (Å²) in [6, 6.07) is 0. The van der Waals surface area contributed by atoms with Gasteiger partial charge in [0.1, 0.15) is 25.4 Å². The summed E-state index contributed by atoms with van der Waals surface area (Å²) in [5.74, 6) is -5.13. The number of carbonyl (C=O) groups excluding carboxylic acids is 6. The summed E-state index contributed by atoms with van der Waals surface area (Å²) in [6.45, 7) is 15.1. The molecule has 0 aromatic heterocycles. The van der Waals surface area contributed by atoms with Gasteiger partial charge in [-0.15, -0.1) is 0 Å². The summed E-state index contributed by atoms with van der Waals surface area (Å²) >= 11 is 0. The number of hydrogen-bond acceptors (Lipinski definition) is 15. The molecule has 16 nitrogen and oxygen atoms in total. The smallest absolute Gasteiger partial charge is 0.317 e. The quantitative estimate of drug-likeness (QED) is 0.0678. The van der Waals surface area contributed by atoms with Crippen molar-refractivity contribution in [2.24, 2.45) is 136 Å². The van der Waals surface area contributed by atoms with Crippen LogP contribution in [0.15, 0.2) is 0 Å². The van der Waals surface area contributed by atoms with Crippen LogP contribution in [0.2, 0.25) is 0 Å². The minimum absolute atomic E-state index is 0.0217. The second kappa shape index (κ2) is 22.4. The van der Waals surface area contributed by atoms with Gasteiger partial charge in [-0.05, 0) is 238 Å². The molecule has 0 aromatic rings. The predicted molar refractivity (Wildman–Crippen MR) is 278 cm³/mol. The van der Waals surface area contributed by atoms with Crippen LogP contribution in [-0.4, -0.2) is 133 Å². The maximum atomic E-state index is 14.8. The van der Waals surface area contributed by atoms with Crippen molar-refractivity contribution in [2.75, 3.05) is 65.7 Å². The lowest BCUT2D eigenvalue weighted by atomic mass is 9.58. The number of nitrogens with zero attached hydrogens (tertiary/aromatic N) is 2. The highest BCUT2D eigenvalue weighted by Crippen LogP contribution is 2.69. The van der Waals surface area contributed by atoms with Crippen LogP contribution < -0.4 is 0 Å². The Morgan fingerprint density at radius 1 is 0.532 bits per heavy atom. The first-order valence-corrected chi connectivity index (χ1v) is 30.7. The number of aliphatic carboxylic acids is 1. The third kappa shape index (κ3) is 10.7. The predicted octanol–water partition coefficient (Wildman–Crippen LogP) is 6.92. The first-order chi connectivity index (χ1) is 36.9. The molecule has 3 saturated heterocycles. The lowest BCUT2D eigenvalue weighted by Crippen LogP contribution is -2.46. The second-order valence-electron chi connectivity index (χ2n) is 27.9. The average molecular weight is 1080 g/mol. The number of likely N-dealkylation sites (tertiary alicyclic amines) is 2. The van der Waals surface area contributed by atoms with E-state index in [2.05, 4.69) is 16.7 Å². The lowest BCUT2D eigenvalue weighted by Gasteiger charge is -2.46. The number of fused-ring (bicyclic) bond motifs is 8. The molecule has 8 saturated carbocycles. The van der Waals surface area contributed by atoms with Gasteiger partial charge >= 0.3 is 41.8 Å². The molecule has 11 rings (SSSR count). The normalized spacial score (nSPS) is 43.7. The van der Waals surface area contributed by atoms with E-state index in [1.807, 2.05) is 20.8 Å². The Hall–Kier alpha value is -3.63. The van der Waals surface area contributed by atoms with Gasteiger partial charge in [-0.1, -0.05) is 13.8 Å². The van der Waals surface area contributed by atoms with Gasteiger partial charge in [-0.3, -0.25) is 43.4 Å². The molecule has 11 aliphatic rings. The van der Waals surface area contributed by atoms with Crippen molar-refractivity contribution >= 4 is 41.8 Å². The maximum Gasteiger partial charge on any atom is 0.317 e. The summed E-state index contributed by atoms with van der Waals surface area (Å²) in [4.78, 5) is 102. The van der Waals surface area contributed by atoms with E-state index in [0.717, 1.165) is 96.8 Å². The van der Waals surface area contributed by atoms with Crippen LogP contribution in [0.3, 0.4) is 0 Å². The minimum Gasteiger partial charge on any atom is -0.481 e. The minimum atomic E-state index is -0.781. The molecule has 8 bridgehead atoms. The Kier molecular flexibility index (Phi) is 16.1. The molecule has 16 heteroatoms. The molecule has 23 atom stereocenters. The van der Waals surface area contributed by atoms with Gasteiger partial charge in [0.2, 0.25) is 0 Å². The summed E-state index contributed by atoms with van der Waals surface area (Å²) in [6.07, 6.45) is 12.8. The number of esters is 6.